The molecule has 0 aromatic heterocycles. The van der Waals surface area contributed by atoms with Gasteiger partial charge in [0, 0.05) is 12.1 Å². The van der Waals surface area contributed by atoms with E-state index in [2.05, 4.69) is 5.32 Å². The number of nitrogens with zero attached hydrogens (tertiary/aromatic N) is 1. The average molecular weight is 307 g/mol. The molecule has 2 N–H and O–H groups in total. The Morgan fingerprint density at radius 1 is 1.42 bits per heavy atom. The number of hydrogen-bond donors (Lipinski definition) is 2. The maximum absolute atomic E-state index is 11.8. The third-order valence-corrected chi connectivity index (χ3v) is 2.99. The van der Waals surface area contributed by atoms with Crippen LogP contribution in [0.25, 0.3) is 0 Å². The van der Waals surface area contributed by atoms with E-state index < -0.39 is 28.5 Å². The highest BCUT2D eigenvalue weighted by Crippen LogP contribution is 2.30. The van der Waals surface area contributed by atoms with E-state index in [-0.39, 0.29) is 15.6 Å². The fourth-order valence-electron chi connectivity index (χ4n) is 1.18. The summed E-state index contributed by atoms with van der Waals surface area (Å²) < 4.78 is 0. The fraction of sp³-hybridized carbons (Fsp3) is 0.200. The van der Waals surface area contributed by atoms with E-state index in [0.29, 0.717) is 0 Å². The summed E-state index contributed by atoms with van der Waals surface area (Å²) >= 11 is 11.4. The smallest absolute Gasteiger partial charge is 0.325 e. The van der Waals surface area contributed by atoms with Crippen LogP contribution in [0.5, 0.6) is 0 Å². The molecular weight excluding hydrogens is 299 g/mol. The molecule has 7 nitrogen and oxygen atoms in total. The Morgan fingerprint density at radius 2 is 2.00 bits per heavy atom. The monoisotopic (exact) mass is 306 g/mol. The molecule has 102 valence electrons. The van der Waals surface area contributed by atoms with Crippen molar-refractivity contribution in [2.75, 3.05) is 0 Å². The molecule has 0 aliphatic rings. The van der Waals surface area contributed by atoms with Crippen molar-refractivity contribution in [3.63, 3.8) is 0 Å². The van der Waals surface area contributed by atoms with Gasteiger partial charge in [-0.05, 0) is 6.92 Å². The number of carboxylic acid groups (broad SMARTS) is 1. The lowest BCUT2D eigenvalue weighted by atomic mass is 10.1. The molecule has 0 aliphatic carbocycles. The number of carboxylic acids is 1. The van der Waals surface area contributed by atoms with E-state index in [1.807, 2.05) is 0 Å². The van der Waals surface area contributed by atoms with Gasteiger partial charge >= 0.3 is 5.97 Å². The highest BCUT2D eigenvalue weighted by atomic mass is 35.5. The fourth-order valence-corrected chi connectivity index (χ4v) is 1.59. The third kappa shape index (κ3) is 3.55. The molecule has 0 saturated heterocycles. The molecule has 9 heteroatoms. The number of carbonyl (C=O) groups is 2. The van der Waals surface area contributed by atoms with Crippen LogP contribution < -0.4 is 5.32 Å². The van der Waals surface area contributed by atoms with Gasteiger partial charge in [0.2, 0.25) is 0 Å². The Kier molecular flexibility index (Phi) is 4.68. The molecule has 0 spiro atoms. The number of non-ortho nitro benzene ring substituents is 1. The van der Waals surface area contributed by atoms with Crippen molar-refractivity contribution in [3.05, 3.63) is 37.9 Å². The zero-order valence-electron chi connectivity index (χ0n) is 9.52. The molecule has 0 saturated carbocycles. The summed E-state index contributed by atoms with van der Waals surface area (Å²) in [6.07, 6.45) is 0. The Balaban J connectivity index is 3.15. The summed E-state index contributed by atoms with van der Waals surface area (Å²) in [5.41, 5.74) is -0.670. The van der Waals surface area contributed by atoms with Crippen molar-refractivity contribution in [1.29, 1.82) is 0 Å². The second kappa shape index (κ2) is 5.85. The van der Waals surface area contributed by atoms with Crippen LogP contribution in [0.2, 0.25) is 10.0 Å². The number of nitro benzene ring substituents is 1. The first-order valence-corrected chi connectivity index (χ1v) is 5.66. The standard InChI is InChI=1S/C10H8Cl2N2O5/c1-4(10(16)17)13-9(15)6-2-5(14(18)19)3-7(11)8(6)12/h2-4H,1H3,(H,13,15)(H,16,17). The Bertz CT molecular complexity index is 561. The predicted octanol–water partition coefficient (Wildman–Crippen LogP) is 2.10. The average Bonchev–Trinajstić information content (AvgIpc) is 2.31. The summed E-state index contributed by atoms with van der Waals surface area (Å²) in [4.78, 5) is 32.3. The summed E-state index contributed by atoms with van der Waals surface area (Å²) in [6.45, 7) is 1.24. The third-order valence-electron chi connectivity index (χ3n) is 2.19. The van der Waals surface area contributed by atoms with Gasteiger partial charge in [-0.15, -0.1) is 0 Å². The molecule has 0 heterocycles. The predicted molar refractivity (Wildman–Crippen MR) is 67.7 cm³/mol. The van der Waals surface area contributed by atoms with Gasteiger partial charge in [-0.25, -0.2) is 0 Å². The van der Waals surface area contributed by atoms with Gasteiger partial charge in [0.1, 0.15) is 6.04 Å². The Labute approximate surface area is 117 Å². The first-order valence-electron chi connectivity index (χ1n) is 4.91. The molecule has 1 aromatic rings. The molecule has 0 fully saturated rings. The Hall–Kier alpha value is -1.86. The molecule has 1 rings (SSSR count). The lowest BCUT2D eigenvalue weighted by molar-refractivity contribution is -0.384. The minimum Gasteiger partial charge on any atom is -0.480 e. The number of nitrogens with one attached hydrogen (secondary N) is 1. The normalized spacial score (nSPS) is 11.7. The van der Waals surface area contributed by atoms with Crippen LogP contribution in [-0.4, -0.2) is 27.9 Å². The Morgan fingerprint density at radius 3 is 2.47 bits per heavy atom. The first kappa shape index (κ1) is 15.2. The van der Waals surface area contributed by atoms with Crippen LogP contribution in [-0.2, 0) is 4.79 Å². The van der Waals surface area contributed by atoms with E-state index in [1.165, 1.54) is 6.92 Å². The van der Waals surface area contributed by atoms with Crippen LogP contribution in [0.4, 0.5) is 5.69 Å². The van der Waals surface area contributed by atoms with Gasteiger partial charge in [0.05, 0.1) is 20.5 Å². The number of carbonyl (C=O) groups excluding carboxylic acids is 1. The van der Waals surface area contributed by atoms with E-state index in [4.69, 9.17) is 28.3 Å². The number of hydrogen-bond acceptors (Lipinski definition) is 4. The SMILES string of the molecule is CC(NC(=O)c1cc([N+](=O)[O-])cc(Cl)c1Cl)C(=O)O. The van der Waals surface area contributed by atoms with E-state index in [0.717, 1.165) is 12.1 Å². The number of rotatable bonds is 4. The van der Waals surface area contributed by atoms with Gasteiger partial charge in [-0.3, -0.25) is 19.7 Å². The second-order valence-corrected chi connectivity index (χ2v) is 4.36. The maximum Gasteiger partial charge on any atom is 0.325 e. The molecule has 0 aliphatic heterocycles. The van der Waals surface area contributed by atoms with Crippen molar-refractivity contribution >= 4 is 40.8 Å². The molecule has 1 atom stereocenters. The van der Waals surface area contributed by atoms with Gasteiger partial charge in [0.15, 0.2) is 0 Å². The topological polar surface area (TPSA) is 110 Å². The van der Waals surface area contributed by atoms with Gasteiger partial charge in [0.25, 0.3) is 11.6 Å². The van der Waals surface area contributed by atoms with E-state index in [1.54, 1.807) is 0 Å². The molecule has 1 aromatic carbocycles. The lowest BCUT2D eigenvalue weighted by Crippen LogP contribution is -2.38. The highest BCUT2D eigenvalue weighted by Gasteiger charge is 2.22. The van der Waals surface area contributed by atoms with Crippen LogP contribution >= 0.6 is 23.2 Å². The largest absolute Gasteiger partial charge is 0.480 e. The minimum absolute atomic E-state index is 0.163. The molecule has 0 radical (unpaired) electrons. The maximum atomic E-state index is 11.8. The molecule has 1 amide bonds. The van der Waals surface area contributed by atoms with Gasteiger partial charge < -0.3 is 10.4 Å². The second-order valence-electron chi connectivity index (χ2n) is 3.58. The summed E-state index contributed by atoms with van der Waals surface area (Å²) in [6, 6.07) is 0.765. The van der Waals surface area contributed by atoms with Crippen molar-refractivity contribution in [1.82, 2.24) is 5.32 Å². The first-order chi connectivity index (χ1) is 8.73. The molecular formula is C10H8Cl2N2O5. The molecule has 19 heavy (non-hydrogen) atoms. The number of aliphatic carboxylic acids is 1. The molecule has 1 unspecified atom stereocenters. The minimum atomic E-state index is -1.25. The van der Waals surface area contributed by atoms with Crippen LogP contribution in [0.1, 0.15) is 17.3 Å². The van der Waals surface area contributed by atoms with Crippen molar-refractivity contribution in [3.8, 4) is 0 Å². The van der Waals surface area contributed by atoms with E-state index in [9.17, 15) is 19.7 Å². The van der Waals surface area contributed by atoms with Gasteiger partial charge in [-0.2, -0.15) is 0 Å². The number of halogens is 2. The van der Waals surface area contributed by atoms with E-state index >= 15 is 0 Å². The van der Waals surface area contributed by atoms with Crippen molar-refractivity contribution in [2.45, 2.75) is 13.0 Å². The number of nitro groups is 1. The van der Waals surface area contributed by atoms with Crippen LogP contribution in [0.3, 0.4) is 0 Å². The van der Waals surface area contributed by atoms with Crippen LogP contribution in [0, 0.1) is 10.1 Å². The molecule has 0 bridgehead atoms. The lowest BCUT2D eigenvalue weighted by Gasteiger charge is -2.10. The summed E-state index contributed by atoms with van der Waals surface area (Å²) in [5, 5.41) is 21.1. The van der Waals surface area contributed by atoms with Gasteiger partial charge in [-0.1, -0.05) is 23.2 Å². The van der Waals surface area contributed by atoms with Crippen molar-refractivity contribution < 1.29 is 19.6 Å². The highest BCUT2D eigenvalue weighted by molar-refractivity contribution is 6.44. The summed E-state index contributed by atoms with van der Waals surface area (Å²) in [7, 11) is 0. The zero-order chi connectivity index (χ0) is 14.7. The quantitative estimate of drug-likeness (QED) is 0.654. The number of benzene rings is 1. The number of amides is 1. The zero-order valence-corrected chi connectivity index (χ0v) is 11.0. The van der Waals surface area contributed by atoms with Crippen molar-refractivity contribution in [2.24, 2.45) is 0 Å². The van der Waals surface area contributed by atoms with Crippen LogP contribution in [0.15, 0.2) is 12.1 Å². The summed E-state index contributed by atoms with van der Waals surface area (Å²) in [5.74, 6) is -2.11.